The number of hydrogen-bond donors (Lipinski definition) is 2. The highest BCUT2D eigenvalue weighted by molar-refractivity contribution is 6.04. The van der Waals surface area contributed by atoms with E-state index < -0.39 is 41.7 Å². The molecule has 2 heterocycles. The molecular weight excluding hydrogens is 678 g/mol. The van der Waals surface area contributed by atoms with Crippen molar-refractivity contribution in [1.82, 2.24) is 9.55 Å². The van der Waals surface area contributed by atoms with Gasteiger partial charge >= 0.3 is 5.69 Å². The van der Waals surface area contributed by atoms with E-state index in [-0.39, 0.29) is 25.6 Å². The van der Waals surface area contributed by atoms with Crippen molar-refractivity contribution in [3.63, 3.8) is 0 Å². The molecule has 4 atom stereocenters. The van der Waals surface area contributed by atoms with E-state index in [0.717, 1.165) is 16.7 Å². The summed E-state index contributed by atoms with van der Waals surface area (Å²) in [5, 5.41) is 14.5. The first kappa shape index (κ1) is 37.4. The number of aliphatic hydroxyl groups is 1. The molecule has 0 unspecified atom stereocenters. The normalized spacial score (nSPS) is 18.4. The number of aliphatic hydroxyl groups excluding tert-OH is 1. The monoisotopic (exact) mass is 721 g/mol. The summed E-state index contributed by atoms with van der Waals surface area (Å²) in [6.07, 6.45) is -2.71. The molecule has 2 N–H and O–H groups in total. The molecule has 0 radical (unpaired) electrons. The second-order valence-electron chi connectivity index (χ2n) is 12.5. The van der Waals surface area contributed by atoms with Gasteiger partial charge in [0, 0.05) is 24.4 Å². The van der Waals surface area contributed by atoms with E-state index in [4.69, 9.17) is 28.4 Å². The van der Waals surface area contributed by atoms with Crippen molar-refractivity contribution in [3.8, 4) is 11.5 Å². The fraction of sp³-hybridized carbons (Fsp3) is 0.293. The lowest BCUT2D eigenvalue weighted by atomic mass is 9.80. The second kappa shape index (κ2) is 17.0. The van der Waals surface area contributed by atoms with Crippen LogP contribution < -0.4 is 20.5 Å². The van der Waals surface area contributed by atoms with Crippen LogP contribution in [-0.4, -0.2) is 80.0 Å². The van der Waals surface area contributed by atoms with Gasteiger partial charge in [-0.15, -0.1) is 0 Å². The van der Waals surface area contributed by atoms with Gasteiger partial charge in [0.1, 0.15) is 41.2 Å². The minimum atomic E-state index is -1.22. The SMILES string of the molecule is COCCO[C@@H]1[C@@H](O)[C@@H](COC(c2ccccc2)(c2ccc(OC)cc2)c2ccc(OC)cc2)O[C@@H]1n1cc(C)c(NC(=O)c2ccccc2)nc1=O. The Labute approximate surface area is 307 Å². The van der Waals surface area contributed by atoms with Crippen molar-refractivity contribution in [2.75, 3.05) is 46.5 Å². The summed E-state index contributed by atoms with van der Waals surface area (Å²) in [5.74, 6) is 1.07. The van der Waals surface area contributed by atoms with Crippen LogP contribution >= 0.6 is 0 Å². The number of methoxy groups -OCH3 is 3. The van der Waals surface area contributed by atoms with Gasteiger partial charge in [-0.05, 0) is 60.0 Å². The molecule has 1 saturated heterocycles. The fourth-order valence-corrected chi connectivity index (χ4v) is 6.45. The third-order valence-corrected chi connectivity index (χ3v) is 9.22. The number of anilines is 1. The molecule has 1 aliphatic rings. The molecule has 5 aromatic rings. The molecule has 1 fully saturated rings. The van der Waals surface area contributed by atoms with Gasteiger partial charge < -0.3 is 38.8 Å². The van der Waals surface area contributed by atoms with Crippen LogP contribution in [0.1, 0.15) is 38.8 Å². The van der Waals surface area contributed by atoms with Crippen molar-refractivity contribution >= 4 is 11.7 Å². The predicted octanol–water partition coefficient (Wildman–Crippen LogP) is 5.12. The average molecular weight is 722 g/mol. The Bertz CT molecular complexity index is 1960. The van der Waals surface area contributed by atoms with Gasteiger partial charge in [-0.1, -0.05) is 72.8 Å². The average Bonchev–Trinajstić information content (AvgIpc) is 3.51. The zero-order valence-corrected chi connectivity index (χ0v) is 30.0. The fourth-order valence-electron chi connectivity index (χ4n) is 6.45. The molecule has 0 saturated carbocycles. The van der Waals surface area contributed by atoms with Crippen molar-refractivity contribution in [2.24, 2.45) is 0 Å². The summed E-state index contributed by atoms with van der Waals surface area (Å²) in [7, 11) is 4.76. The smallest absolute Gasteiger partial charge is 0.351 e. The number of nitrogens with one attached hydrogen (secondary N) is 1. The first-order chi connectivity index (χ1) is 25.8. The summed E-state index contributed by atoms with van der Waals surface area (Å²) in [4.78, 5) is 30.6. The number of carbonyl (C=O) groups excluding carboxylic acids is 1. The third kappa shape index (κ3) is 8.02. The van der Waals surface area contributed by atoms with Gasteiger partial charge in [0.25, 0.3) is 5.91 Å². The van der Waals surface area contributed by atoms with Crippen LogP contribution in [-0.2, 0) is 24.5 Å². The van der Waals surface area contributed by atoms with Crippen molar-refractivity contribution < 1.29 is 38.3 Å². The highest BCUT2D eigenvalue weighted by Crippen LogP contribution is 2.43. The zero-order chi connectivity index (χ0) is 37.4. The molecule has 1 aromatic heterocycles. The maximum atomic E-state index is 13.6. The molecule has 0 spiro atoms. The third-order valence-electron chi connectivity index (χ3n) is 9.22. The van der Waals surface area contributed by atoms with Crippen LogP contribution in [0.3, 0.4) is 0 Å². The van der Waals surface area contributed by atoms with Crippen LogP contribution in [0.5, 0.6) is 11.5 Å². The molecular formula is C41H43N3O9. The minimum absolute atomic E-state index is 0.110. The van der Waals surface area contributed by atoms with E-state index in [1.54, 1.807) is 58.6 Å². The summed E-state index contributed by atoms with van der Waals surface area (Å²) in [6, 6.07) is 33.6. The standard InChI is InChI=1S/C41H43N3O9/c1-27-25-44(40(47)43-37(27)42-38(46)28-11-7-5-8-12-28)39-36(51-24-23-48-2)35(45)34(53-39)26-52-41(29-13-9-6-10-14-29,30-15-19-32(49-3)20-16-30)31-17-21-33(50-4)22-18-31/h5-22,25,34-36,39,45H,23-24,26H2,1-4H3,(H,42,43,46,47)/t34-,35+,36-,39+/m1/s1. The highest BCUT2D eigenvalue weighted by atomic mass is 16.6. The van der Waals surface area contributed by atoms with E-state index in [9.17, 15) is 14.7 Å². The van der Waals surface area contributed by atoms with E-state index in [0.29, 0.717) is 22.6 Å². The lowest BCUT2D eigenvalue weighted by molar-refractivity contribution is -0.0994. The van der Waals surface area contributed by atoms with Gasteiger partial charge in [-0.25, -0.2) is 4.79 Å². The Hall–Kier alpha value is -5.37. The van der Waals surface area contributed by atoms with Gasteiger partial charge in [0.15, 0.2) is 6.23 Å². The molecule has 1 aliphatic heterocycles. The van der Waals surface area contributed by atoms with Crippen LogP contribution in [0.15, 0.2) is 120 Å². The number of rotatable bonds is 15. The number of nitrogens with zero attached hydrogens (tertiary/aromatic N) is 2. The first-order valence-corrected chi connectivity index (χ1v) is 17.2. The van der Waals surface area contributed by atoms with E-state index in [2.05, 4.69) is 10.3 Å². The Balaban J connectivity index is 1.35. The van der Waals surface area contributed by atoms with E-state index in [1.807, 2.05) is 78.9 Å². The van der Waals surface area contributed by atoms with Crippen LogP contribution in [0.4, 0.5) is 5.82 Å². The number of aromatic nitrogens is 2. The summed E-state index contributed by atoms with van der Waals surface area (Å²) >= 11 is 0. The number of ether oxygens (including phenoxy) is 6. The Morgan fingerprint density at radius 2 is 1.40 bits per heavy atom. The molecule has 0 bridgehead atoms. The maximum Gasteiger partial charge on any atom is 0.351 e. The molecule has 12 heteroatoms. The molecule has 6 rings (SSSR count). The lowest BCUT2D eigenvalue weighted by Gasteiger charge is -2.37. The van der Waals surface area contributed by atoms with Crippen molar-refractivity contribution in [2.45, 2.75) is 37.1 Å². The Morgan fingerprint density at radius 1 is 0.830 bits per heavy atom. The molecule has 1 amide bonds. The summed E-state index contributed by atoms with van der Waals surface area (Å²) in [5.41, 5.74) is 1.48. The van der Waals surface area contributed by atoms with Gasteiger partial charge in [0.2, 0.25) is 0 Å². The van der Waals surface area contributed by atoms with Gasteiger partial charge in [-0.2, -0.15) is 4.98 Å². The van der Waals surface area contributed by atoms with Crippen LogP contribution in [0.25, 0.3) is 0 Å². The Morgan fingerprint density at radius 3 is 1.96 bits per heavy atom. The minimum Gasteiger partial charge on any atom is -0.497 e. The van der Waals surface area contributed by atoms with E-state index >= 15 is 0 Å². The number of hydrogen-bond acceptors (Lipinski definition) is 10. The quantitative estimate of drug-likeness (QED) is 0.111. The molecule has 276 valence electrons. The number of amides is 1. The summed E-state index contributed by atoms with van der Waals surface area (Å²) < 4.78 is 37.0. The maximum absolute atomic E-state index is 13.6. The Kier molecular flexibility index (Phi) is 12.0. The van der Waals surface area contributed by atoms with Crippen LogP contribution in [0, 0.1) is 6.92 Å². The predicted molar refractivity (Wildman–Crippen MR) is 197 cm³/mol. The van der Waals surface area contributed by atoms with Crippen molar-refractivity contribution in [3.05, 3.63) is 154 Å². The second-order valence-corrected chi connectivity index (χ2v) is 12.5. The largest absolute Gasteiger partial charge is 0.497 e. The van der Waals surface area contributed by atoms with Gasteiger partial charge in [-0.3, -0.25) is 9.36 Å². The molecule has 4 aromatic carbocycles. The zero-order valence-electron chi connectivity index (χ0n) is 30.0. The van der Waals surface area contributed by atoms with Crippen molar-refractivity contribution in [1.29, 1.82) is 0 Å². The number of benzene rings is 4. The number of carbonyl (C=O) groups is 1. The topological polar surface area (TPSA) is 140 Å². The first-order valence-electron chi connectivity index (χ1n) is 17.2. The molecule has 12 nitrogen and oxygen atoms in total. The van der Waals surface area contributed by atoms with Gasteiger partial charge in [0.05, 0.1) is 34.0 Å². The number of aryl methyl sites for hydroxylation is 1. The van der Waals surface area contributed by atoms with Crippen LogP contribution in [0.2, 0.25) is 0 Å². The summed E-state index contributed by atoms with van der Waals surface area (Å²) in [6.45, 7) is 1.98. The highest BCUT2D eigenvalue weighted by Gasteiger charge is 2.48. The lowest BCUT2D eigenvalue weighted by Crippen LogP contribution is -2.41. The molecule has 0 aliphatic carbocycles. The van der Waals surface area contributed by atoms with E-state index in [1.165, 1.54) is 10.8 Å². The molecule has 53 heavy (non-hydrogen) atoms.